The van der Waals surface area contributed by atoms with E-state index in [0.717, 1.165) is 18.8 Å². The van der Waals surface area contributed by atoms with E-state index in [-0.39, 0.29) is 11.9 Å². The summed E-state index contributed by atoms with van der Waals surface area (Å²) in [5.41, 5.74) is 0.378. The molecule has 0 radical (unpaired) electrons. The maximum atomic E-state index is 12.1. The van der Waals surface area contributed by atoms with E-state index in [0.29, 0.717) is 30.4 Å². The van der Waals surface area contributed by atoms with E-state index < -0.39 is 0 Å². The van der Waals surface area contributed by atoms with Gasteiger partial charge in [0, 0.05) is 7.11 Å². The SMILES string of the molecule is COCCN=C1NC(=O)C(C2CCC(C(C)(C)C)CC2)N1. The molecule has 5 heteroatoms. The van der Waals surface area contributed by atoms with Gasteiger partial charge in [-0.3, -0.25) is 15.1 Å². The van der Waals surface area contributed by atoms with Crippen LogP contribution in [0.2, 0.25) is 0 Å². The van der Waals surface area contributed by atoms with Crippen molar-refractivity contribution in [3.8, 4) is 0 Å². The highest BCUT2D eigenvalue weighted by atomic mass is 16.5. The van der Waals surface area contributed by atoms with Crippen LogP contribution in [0.5, 0.6) is 0 Å². The van der Waals surface area contributed by atoms with Gasteiger partial charge in [0.2, 0.25) is 5.91 Å². The molecule has 0 spiro atoms. The fourth-order valence-corrected chi connectivity index (χ4v) is 3.43. The van der Waals surface area contributed by atoms with Crippen LogP contribution in [-0.4, -0.2) is 38.2 Å². The summed E-state index contributed by atoms with van der Waals surface area (Å²) in [7, 11) is 1.65. The Morgan fingerprint density at radius 2 is 1.90 bits per heavy atom. The molecule has 2 aliphatic rings. The number of ether oxygens (including phenoxy) is 1. The number of aliphatic imine (C=N–C) groups is 1. The molecule has 1 aliphatic heterocycles. The van der Waals surface area contributed by atoms with Gasteiger partial charge in [-0.25, -0.2) is 0 Å². The molecule has 1 saturated carbocycles. The van der Waals surface area contributed by atoms with Crippen LogP contribution in [0.4, 0.5) is 0 Å². The molecule has 0 aromatic rings. The predicted octanol–water partition coefficient (Wildman–Crippen LogP) is 1.93. The topological polar surface area (TPSA) is 62.7 Å². The van der Waals surface area contributed by atoms with E-state index in [2.05, 4.69) is 36.4 Å². The monoisotopic (exact) mass is 295 g/mol. The molecule has 2 rings (SSSR count). The maximum absolute atomic E-state index is 12.1. The van der Waals surface area contributed by atoms with Crippen molar-refractivity contribution in [1.29, 1.82) is 0 Å². The van der Waals surface area contributed by atoms with E-state index in [1.54, 1.807) is 7.11 Å². The zero-order chi connectivity index (χ0) is 15.5. The van der Waals surface area contributed by atoms with Crippen molar-refractivity contribution in [2.24, 2.45) is 22.2 Å². The minimum absolute atomic E-state index is 0.0744. The Morgan fingerprint density at radius 1 is 1.24 bits per heavy atom. The number of nitrogens with zero attached hydrogens (tertiary/aromatic N) is 1. The third-order valence-corrected chi connectivity index (χ3v) is 4.85. The first-order chi connectivity index (χ1) is 9.91. The average molecular weight is 295 g/mol. The summed E-state index contributed by atoms with van der Waals surface area (Å²) in [5.74, 6) is 1.89. The lowest BCUT2D eigenvalue weighted by Gasteiger charge is -2.38. The van der Waals surface area contributed by atoms with Crippen LogP contribution in [0.3, 0.4) is 0 Å². The lowest BCUT2D eigenvalue weighted by Crippen LogP contribution is -2.40. The van der Waals surface area contributed by atoms with Gasteiger partial charge in [0.15, 0.2) is 5.96 Å². The fraction of sp³-hybridized carbons (Fsp3) is 0.875. The van der Waals surface area contributed by atoms with E-state index in [1.165, 1.54) is 12.8 Å². The molecule has 1 aliphatic carbocycles. The molecule has 0 aromatic heterocycles. The first-order valence-corrected chi connectivity index (χ1v) is 8.02. The summed E-state index contributed by atoms with van der Waals surface area (Å²) in [6, 6.07) is -0.104. The van der Waals surface area contributed by atoms with Gasteiger partial charge < -0.3 is 10.1 Å². The van der Waals surface area contributed by atoms with Crippen molar-refractivity contribution in [3.63, 3.8) is 0 Å². The maximum Gasteiger partial charge on any atom is 0.249 e. The van der Waals surface area contributed by atoms with Crippen LogP contribution >= 0.6 is 0 Å². The molecular formula is C16H29N3O2. The molecule has 1 unspecified atom stereocenters. The number of carbonyl (C=O) groups excluding carboxylic acids is 1. The molecule has 2 N–H and O–H groups in total. The zero-order valence-corrected chi connectivity index (χ0v) is 13.7. The van der Waals surface area contributed by atoms with Gasteiger partial charge in [0.05, 0.1) is 13.2 Å². The largest absolute Gasteiger partial charge is 0.383 e. The van der Waals surface area contributed by atoms with Crippen molar-refractivity contribution in [2.75, 3.05) is 20.3 Å². The molecule has 1 heterocycles. The number of rotatable bonds is 4. The zero-order valence-electron chi connectivity index (χ0n) is 13.7. The highest BCUT2D eigenvalue weighted by Crippen LogP contribution is 2.40. The standard InChI is InChI=1S/C16H29N3O2/c1-16(2,3)12-7-5-11(6-8-12)13-14(20)19-15(18-13)17-9-10-21-4/h11-13H,5-10H2,1-4H3,(H2,17,18,19,20). The van der Waals surface area contributed by atoms with Crippen LogP contribution in [0.25, 0.3) is 0 Å². The molecule has 120 valence electrons. The summed E-state index contributed by atoms with van der Waals surface area (Å²) in [6.45, 7) is 8.10. The fourth-order valence-electron chi connectivity index (χ4n) is 3.43. The number of methoxy groups -OCH3 is 1. The van der Waals surface area contributed by atoms with E-state index in [4.69, 9.17) is 4.74 Å². The average Bonchev–Trinajstić information content (AvgIpc) is 2.79. The molecule has 1 saturated heterocycles. The first kappa shape index (κ1) is 16.3. The molecule has 1 atom stereocenters. The van der Waals surface area contributed by atoms with Gasteiger partial charge in [0.25, 0.3) is 0 Å². The second-order valence-electron chi connectivity index (χ2n) is 7.31. The first-order valence-electron chi connectivity index (χ1n) is 8.02. The lowest BCUT2D eigenvalue weighted by molar-refractivity contribution is -0.121. The number of carbonyl (C=O) groups is 1. The predicted molar refractivity (Wildman–Crippen MR) is 84.1 cm³/mol. The summed E-state index contributed by atoms with van der Waals surface area (Å²) in [4.78, 5) is 16.4. The molecule has 0 aromatic carbocycles. The van der Waals surface area contributed by atoms with Crippen LogP contribution in [0.1, 0.15) is 46.5 Å². The third kappa shape index (κ3) is 4.19. The number of nitrogens with one attached hydrogen (secondary N) is 2. The Morgan fingerprint density at radius 3 is 2.48 bits per heavy atom. The highest BCUT2D eigenvalue weighted by molar-refractivity contribution is 6.06. The third-order valence-electron chi connectivity index (χ3n) is 4.85. The number of amides is 1. The Hall–Kier alpha value is -1.10. The van der Waals surface area contributed by atoms with Crippen molar-refractivity contribution < 1.29 is 9.53 Å². The minimum Gasteiger partial charge on any atom is -0.383 e. The smallest absolute Gasteiger partial charge is 0.249 e. The quantitative estimate of drug-likeness (QED) is 0.779. The van der Waals surface area contributed by atoms with Crippen LogP contribution < -0.4 is 10.6 Å². The van der Waals surface area contributed by atoms with Gasteiger partial charge in [-0.15, -0.1) is 0 Å². The molecule has 0 bridgehead atoms. The summed E-state index contributed by atoms with van der Waals surface area (Å²) in [6.07, 6.45) is 4.68. The van der Waals surface area contributed by atoms with Crippen LogP contribution in [0.15, 0.2) is 4.99 Å². The Kier molecular flexibility index (Phi) is 5.25. The minimum atomic E-state index is -0.104. The number of hydrogen-bond donors (Lipinski definition) is 2. The van der Waals surface area contributed by atoms with Gasteiger partial charge in [0.1, 0.15) is 6.04 Å². The molecule has 2 fully saturated rings. The second-order valence-corrected chi connectivity index (χ2v) is 7.31. The normalized spacial score (nSPS) is 32.1. The van der Waals surface area contributed by atoms with Crippen LogP contribution in [0, 0.1) is 17.3 Å². The van der Waals surface area contributed by atoms with Crippen molar-refractivity contribution in [2.45, 2.75) is 52.5 Å². The van der Waals surface area contributed by atoms with Crippen molar-refractivity contribution >= 4 is 11.9 Å². The molecule has 21 heavy (non-hydrogen) atoms. The van der Waals surface area contributed by atoms with Crippen molar-refractivity contribution in [1.82, 2.24) is 10.6 Å². The lowest BCUT2D eigenvalue weighted by atomic mass is 9.68. The van der Waals surface area contributed by atoms with E-state index in [9.17, 15) is 4.79 Å². The van der Waals surface area contributed by atoms with Gasteiger partial charge in [-0.1, -0.05) is 20.8 Å². The summed E-state index contributed by atoms with van der Waals surface area (Å²) >= 11 is 0. The Labute approximate surface area is 127 Å². The van der Waals surface area contributed by atoms with E-state index in [1.807, 2.05) is 0 Å². The summed E-state index contributed by atoms with van der Waals surface area (Å²) < 4.78 is 4.97. The van der Waals surface area contributed by atoms with Gasteiger partial charge >= 0.3 is 0 Å². The van der Waals surface area contributed by atoms with E-state index >= 15 is 0 Å². The molecular weight excluding hydrogens is 266 g/mol. The Bertz CT molecular complexity index is 393. The van der Waals surface area contributed by atoms with Crippen molar-refractivity contribution in [3.05, 3.63) is 0 Å². The second kappa shape index (κ2) is 6.77. The van der Waals surface area contributed by atoms with Gasteiger partial charge in [-0.2, -0.15) is 0 Å². The van der Waals surface area contributed by atoms with Gasteiger partial charge in [-0.05, 0) is 42.9 Å². The summed E-state index contributed by atoms with van der Waals surface area (Å²) in [5, 5.41) is 6.10. The highest BCUT2D eigenvalue weighted by Gasteiger charge is 2.38. The molecule has 5 nitrogen and oxygen atoms in total. The number of hydrogen-bond acceptors (Lipinski definition) is 3. The number of guanidine groups is 1. The van der Waals surface area contributed by atoms with Crippen LogP contribution in [-0.2, 0) is 9.53 Å². The molecule has 1 amide bonds. The Balaban J connectivity index is 1.86.